The Labute approximate surface area is 156 Å². The molecular weight excluding hydrogens is 357 g/mol. The van der Waals surface area contributed by atoms with Crippen molar-refractivity contribution < 1.29 is 9.53 Å². The first-order valence-corrected chi connectivity index (χ1v) is 8.40. The van der Waals surface area contributed by atoms with Crippen LogP contribution in [0.1, 0.15) is 15.9 Å². The number of ether oxygens (including phenoxy) is 1. The lowest BCUT2D eigenvalue weighted by Gasteiger charge is -2.10. The van der Waals surface area contributed by atoms with Gasteiger partial charge in [-0.25, -0.2) is 0 Å². The van der Waals surface area contributed by atoms with Gasteiger partial charge in [-0.1, -0.05) is 59.6 Å². The highest BCUT2D eigenvalue weighted by Gasteiger charge is 2.10. The van der Waals surface area contributed by atoms with Gasteiger partial charge >= 0.3 is 0 Å². The van der Waals surface area contributed by atoms with Crippen molar-refractivity contribution in [2.75, 3.05) is 5.32 Å². The zero-order chi connectivity index (χ0) is 17.6. The molecule has 3 rings (SSSR count). The number of benzene rings is 3. The molecule has 0 saturated carbocycles. The van der Waals surface area contributed by atoms with Gasteiger partial charge in [0.25, 0.3) is 5.91 Å². The van der Waals surface area contributed by atoms with E-state index in [0.29, 0.717) is 33.7 Å². The van der Waals surface area contributed by atoms with Crippen LogP contribution in [0.15, 0.2) is 72.8 Å². The maximum atomic E-state index is 12.4. The molecule has 1 N–H and O–H groups in total. The van der Waals surface area contributed by atoms with Crippen molar-refractivity contribution >= 4 is 34.8 Å². The second-order valence-electron chi connectivity index (χ2n) is 5.38. The lowest BCUT2D eigenvalue weighted by atomic mass is 10.2. The first kappa shape index (κ1) is 17.3. The first-order valence-electron chi connectivity index (χ1n) is 7.65. The largest absolute Gasteiger partial charge is 0.489 e. The van der Waals surface area contributed by atoms with Crippen LogP contribution >= 0.6 is 23.2 Å². The molecule has 3 aromatic carbocycles. The van der Waals surface area contributed by atoms with E-state index in [9.17, 15) is 4.79 Å². The molecule has 0 aromatic heterocycles. The summed E-state index contributed by atoms with van der Waals surface area (Å²) in [5.41, 5.74) is 2.00. The second kappa shape index (κ2) is 8.06. The van der Waals surface area contributed by atoms with Gasteiger partial charge in [0.15, 0.2) is 0 Å². The zero-order valence-corrected chi connectivity index (χ0v) is 14.7. The van der Waals surface area contributed by atoms with Gasteiger partial charge in [-0.2, -0.15) is 0 Å². The Hall–Kier alpha value is -2.49. The van der Waals surface area contributed by atoms with Gasteiger partial charge in [0.1, 0.15) is 12.4 Å². The minimum Gasteiger partial charge on any atom is -0.489 e. The van der Waals surface area contributed by atoms with Crippen molar-refractivity contribution in [2.45, 2.75) is 6.61 Å². The number of nitrogens with one attached hydrogen (secondary N) is 1. The van der Waals surface area contributed by atoms with Crippen molar-refractivity contribution in [3.8, 4) is 5.75 Å². The Bertz CT molecular complexity index is 882. The highest BCUT2D eigenvalue weighted by Crippen LogP contribution is 2.26. The normalized spacial score (nSPS) is 10.3. The Morgan fingerprint density at radius 1 is 0.920 bits per heavy atom. The Balaban J connectivity index is 1.70. The maximum Gasteiger partial charge on any atom is 0.255 e. The molecule has 0 aliphatic carbocycles. The molecule has 25 heavy (non-hydrogen) atoms. The fraction of sp³-hybridized carbons (Fsp3) is 0.0500. The molecule has 0 unspecified atom stereocenters. The first-order chi connectivity index (χ1) is 12.1. The van der Waals surface area contributed by atoms with E-state index in [2.05, 4.69) is 5.32 Å². The fourth-order valence-electron chi connectivity index (χ4n) is 2.26. The Morgan fingerprint density at radius 3 is 2.52 bits per heavy atom. The van der Waals surface area contributed by atoms with Crippen LogP contribution in [0.3, 0.4) is 0 Å². The minimum absolute atomic E-state index is 0.283. The van der Waals surface area contributed by atoms with Gasteiger partial charge in [-0.3, -0.25) is 4.79 Å². The maximum absolute atomic E-state index is 12.4. The van der Waals surface area contributed by atoms with E-state index < -0.39 is 0 Å². The third kappa shape index (κ3) is 4.75. The van der Waals surface area contributed by atoms with Crippen LogP contribution in [0.2, 0.25) is 10.0 Å². The van der Waals surface area contributed by atoms with Gasteiger partial charge in [-0.05, 0) is 42.0 Å². The standard InChI is InChI=1S/C20H15Cl2NO2/c21-16-9-10-18(22)19(12-16)23-20(24)15-7-4-8-17(11-15)25-13-14-5-2-1-3-6-14/h1-12H,13H2,(H,23,24). The van der Waals surface area contributed by atoms with E-state index >= 15 is 0 Å². The number of amides is 1. The van der Waals surface area contributed by atoms with E-state index in [1.54, 1.807) is 36.4 Å². The van der Waals surface area contributed by atoms with Crippen LogP contribution in [0.25, 0.3) is 0 Å². The van der Waals surface area contributed by atoms with Gasteiger partial charge in [0.05, 0.1) is 10.7 Å². The molecule has 3 nitrogen and oxygen atoms in total. The quantitative estimate of drug-likeness (QED) is 0.612. The molecule has 1 amide bonds. The fourth-order valence-corrected chi connectivity index (χ4v) is 2.59. The molecule has 5 heteroatoms. The summed E-state index contributed by atoms with van der Waals surface area (Å²) in [5.74, 6) is 0.336. The topological polar surface area (TPSA) is 38.3 Å². The lowest BCUT2D eigenvalue weighted by molar-refractivity contribution is 0.102. The van der Waals surface area contributed by atoms with Gasteiger partial charge in [0.2, 0.25) is 0 Å². The summed E-state index contributed by atoms with van der Waals surface area (Å²) >= 11 is 12.0. The predicted molar refractivity (Wildman–Crippen MR) is 102 cm³/mol. The van der Waals surface area contributed by atoms with Crippen LogP contribution in [0, 0.1) is 0 Å². The predicted octanol–water partition coefficient (Wildman–Crippen LogP) is 5.82. The van der Waals surface area contributed by atoms with Crippen molar-refractivity contribution in [1.29, 1.82) is 0 Å². The van der Waals surface area contributed by atoms with Gasteiger partial charge < -0.3 is 10.1 Å². The summed E-state index contributed by atoms with van der Waals surface area (Å²) in [6, 6.07) is 21.7. The zero-order valence-electron chi connectivity index (χ0n) is 13.2. The second-order valence-corrected chi connectivity index (χ2v) is 6.22. The number of carbonyl (C=O) groups is 1. The van der Waals surface area contributed by atoms with Crippen LogP contribution in [-0.2, 0) is 6.61 Å². The van der Waals surface area contributed by atoms with E-state index in [-0.39, 0.29) is 5.91 Å². The molecule has 126 valence electrons. The van der Waals surface area contributed by atoms with E-state index in [1.165, 1.54) is 0 Å². The van der Waals surface area contributed by atoms with Crippen LogP contribution in [-0.4, -0.2) is 5.91 Å². The molecule has 0 saturated heterocycles. The number of hydrogen-bond acceptors (Lipinski definition) is 2. The number of halogens is 2. The number of carbonyl (C=O) groups excluding carboxylic acids is 1. The van der Waals surface area contributed by atoms with Crippen LogP contribution in [0.5, 0.6) is 5.75 Å². The summed E-state index contributed by atoms with van der Waals surface area (Å²) in [6.45, 7) is 0.437. The van der Waals surface area contributed by atoms with Crippen molar-refractivity contribution in [3.63, 3.8) is 0 Å². The summed E-state index contributed by atoms with van der Waals surface area (Å²) in [6.07, 6.45) is 0. The van der Waals surface area contributed by atoms with Crippen LogP contribution < -0.4 is 10.1 Å². The monoisotopic (exact) mass is 371 g/mol. The number of rotatable bonds is 5. The van der Waals surface area contributed by atoms with Gasteiger partial charge in [0, 0.05) is 10.6 Å². The molecule has 0 radical (unpaired) electrons. The van der Waals surface area contributed by atoms with Crippen molar-refractivity contribution in [3.05, 3.63) is 94.0 Å². The summed E-state index contributed by atoms with van der Waals surface area (Å²) < 4.78 is 5.75. The SMILES string of the molecule is O=C(Nc1cc(Cl)ccc1Cl)c1cccc(OCc2ccccc2)c1. The minimum atomic E-state index is -0.283. The molecule has 3 aromatic rings. The molecule has 0 aliphatic rings. The summed E-state index contributed by atoms with van der Waals surface area (Å²) in [7, 11) is 0. The molecule has 0 fully saturated rings. The molecule has 0 spiro atoms. The van der Waals surface area contributed by atoms with Crippen molar-refractivity contribution in [1.82, 2.24) is 0 Å². The lowest BCUT2D eigenvalue weighted by Crippen LogP contribution is -2.12. The van der Waals surface area contributed by atoms with Crippen LogP contribution in [0.4, 0.5) is 5.69 Å². The molecule has 0 bridgehead atoms. The molecule has 0 heterocycles. The smallest absolute Gasteiger partial charge is 0.255 e. The van der Waals surface area contributed by atoms with E-state index in [1.807, 2.05) is 36.4 Å². The molecule has 0 aliphatic heterocycles. The Morgan fingerprint density at radius 2 is 1.72 bits per heavy atom. The summed E-state index contributed by atoms with van der Waals surface area (Å²) in [4.78, 5) is 12.4. The average Bonchev–Trinajstić information content (AvgIpc) is 2.64. The molecular formula is C20H15Cl2NO2. The van der Waals surface area contributed by atoms with Gasteiger partial charge in [-0.15, -0.1) is 0 Å². The van der Waals surface area contributed by atoms with Crippen molar-refractivity contribution in [2.24, 2.45) is 0 Å². The Kier molecular flexibility index (Phi) is 5.59. The third-order valence-electron chi connectivity index (χ3n) is 3.52. The highest BCUT2D eigenvalue weighted by atomic mass is 35.5. The number of hydrogen-bond donors (Lipinski definition) is 1. The third-order valence-corrected chi connectivity index (χ3v) is 4.09. The summed E-state index contributed by atoms with van der Waals surface area (Å²) in [5, 5.41) is 3.68. The highest BCUT2D eigenvalue weighted by molar-refractivity contribution is 6.35. The van der Waals surface area contributed by atoms with E-state index in [0.717, 1.165) is 5.56 Å². The van der Waals surface area contributed by atoms with E-state index in [4.69, 9.17) is 27.9 Å². The number of anilines is 1. The molecule has 0 atom stereocenters. The average molecular weight is 372 g/mol.